The van der Waals surface area contributed by atoms with E-state index < -0.39 is 17.9 Å². The molecule has 2 aromatic rings. The molecule has 0 aromatic heterocycles. The maximum absolute atomic E-state index is 12.0. The van der Waals surface area contributed by atoms with Crippen molar-refractivity contribution < 1.29 is 19.5 Å². The fourth-order valence-corrected chi connectivity index (χ4v) is 2.37. The van der Waals surface area contributed by atoms with Crippen molar-refractivity contribution >= 4 is 17.8 Å². The summed E-state index contributed by atoms with van der Waals surface area (Å²) in [6.07, 6.45) is 0.176. The molecule has 6 heteroatoms. The predicted molar refractivity (Wildman–Crippen MR) is 93.2 cm³/mol. The summed E-state index contributed by atoms with van der Waals surface area (Å²) in [5, 5.41) is 14.2. The van der Waals surface area contributed by atoms with Crippen molar-refractivity contribution in [3.63, 3.8) is 0 Å². The Morgan fingerprint density at radius 1 is 1.04 bits per heavy atom. The van der Waals surface area contributed by atoms with Crippen molar-refractivity contribution in [1.82, 2.24) is 10.6 Å². The zero-order chi connectivity index (χ0) is 18.2. The lowest BCUT2D eigenvalue weighted by Crippen LogP contribution is -2.46. The van der Waals surface area contributed by atoms with E-state index in [4.69, 9.17) is 0 Å². The van der Waals surface area contributed by atoms with Crippen molar-refractivity contribution in [2.24, 2.45) is 0 Å². The van der Waals surface area contributed by atoms with Gasteiger partial charge in [0.15, 0.2) is 0 Å². The molecule has 0 spiro atoms. The van der Waals surface area contributed by atoms with E-state index in [9.17, 15) is 19.5 Å². The Kier molecular flexibility index (Phi) is 6.28. The first-order valence-electron chi connectivity index (χ1n) is 7.86. The molecule has 3 N–H and O–H groups in total. The third-order valence-corrected chi connectivity index (χ3v) is 3.60. The number of amides is 2. The van der Waals surface area contributed by atoms with Gasteiger partial charge in [0.05, 0.1) is 6.54 Å². The van der Waals surface area contributed by atoms with E-state index in [0.29, 0.717) is 5.56 Å². The highest BCUT2D eigenvalue weighted by Crippen LogP contribution is 2.07. The third kappa shape index (κ3) is 5.76. The minimum atomic E-state index is -1.12. The summed E-state index contributed by atoms with van der Waals surface area (Å²) in [4.78, 5) is 35.2. The Morgan fingerprint density at radius 3 is 2.40 bits per heavy atom. The second kappa shape index (κ2) is 8.63. The molecule has 0 aliphatic carbocycles. The van der Waals surface area contributed by atoms with Crippen LogP contribution in [0, 0.1) is 6.92 Å². The van der Waals surface area contributed by atoms with E-state index in [1.807, 2.05) is 31.2 Å². The first kappa shape index (κ1) is 18.2. The quantitative estimate of drug-likeness (QED) is 0.712. The summed E-state index contributed by atoms with van der Waals surface area (Å²) < 4.78 is 0. The van der Waals surface area contributed by atoms with Crippen molar-refractivity contribution in [3.05, 3.63) is 71.3 Å². The van der Waals surface area contributed by atoms with Gasteiger partial charge in [0.25, 0.3) is 5.91 Å². The summed E-state index contributed by atoms with van der Waals surface area (Å²) in [6, 6.07) is 14.9. The Balaban J connectivity index is 1.89. The van der Waals surface area contributed by atoms with Crippen molar-refractivity contribution in [3.8, 4) is 0 Å². The number of carbonyl (C=O) groups excluding carboxylic acids is 2. The summed E-state index contributed by atoms with van der Waals surface area (Å²) in [7, 11) is 0. The first-order valence-corrected chi connectivity index (χ1v) is 7.86. The van der Waals surface area contributed by atoms with Gasteiger partial charge in [0, 0.05) is 12.0 Å². The van der Waals surface area contributed by atoms with Gasteiger partial charge in [0.2, 0.25) is 5.91 Å². The van der Waals surface area contributed by atoms with Gasteiger partial charge in [-0.25, -0.2) is 4.79 Å². The molecule has 0 saturated carbocycles. The number of carbonyl (C=O) groups is 3. The number of rotatable bonds is 7. The highest BCUT2D eigenvalue weighted by atomic mass is 16.4. The number of aryl methyl sites for hydroxylation is 1. The normalized spacial score (nSPS) is 11.4. The molecular formula is C19H20N2O4. The molecule has 0 fully saturated rings. The molecule has 0 saturated heterocycles. The Labute approximate surface area is 145 Å². The van der Waals surface area contributed by atoms with Crippen molar-refractivity contribution in [2.45, 2.75) is 19.4 Å². The molecule has 2 rings (SSSR count). The number of benzene rings is 2. The van der Waals surface area contributed by atoms with Crippen LogP contribution in [0.4, 0.5) is 0 Å². The maximum atomic E-state index is 12.0. The highest BCUT2D eigenvalue weighted by Gasteiger charge is 2.20. The van der Waals surface area contributed by atoms with Gasteiger partial charge < -0.3 is 15.7 Å². The summed E-state index contributed by atoms with van der Waals surface area (Å²) >= 11 is 0. The zero-order valence-corrected chi connectivity index (χ0v) is 13.9. The number of nitrogens with one attached hydrogen (secondary N) is 2. The second-order valence-corrected chi connectivity index (χ2v) is 5.70. The lowest BCUT2D eigenvalue weighted by Gasteiger charge is -2.15. The predicted octanol–water partition coefficient (Wildman–Crippen LogP) is 1.54. The van der Waals surface area contributed by atoms with E-state index in [1.165, 1.54) is 0 Å². The summed E-state index contributed by atoms with van der Waals surface area (Å²) in [5.74, 6) is -2.06. The number of aliphatic carboxylic acids is 1. The van der Waals surface area contributed by atoms with Gasteiger partial charge in [-0.15, -0.1) is 0 Å². The van der Waals surface area contributed by atoms with Crippen LogP contribution in [0.1, 0.15) is 21.5 Å². The molecule has 0 bridgehead atoms. The summed E-state index contributed by atoms with van der Waals surface area (Å²) in [6.45, 7) is 1.63. The molecule has 0 radical (unpaired) electrons. The van der Waals surface area contributed by atoms with E-state index in [2.05, 4.69) is 10.6 Å². The van der Waals surface area contributed by atoms with Gasteiger partial charge in [-0.3, -0.25) is 9.59 Å². The molecule has 1 atom stereocenters. The van der Waals surface area contributed by atoms with Crippen LogP contribution in [0.5, 0.6) is 0 Å². The van der Waals surface area contributed by atoms with E-state index in [-0.39, 0.29) is 18.9 Å². The Bertz CT molecular complexity index is 759. The van der Waals surface area contributed by atoms with Crippen LogP contribution < -0.4 is 10.6 Å². The van der Waals surface area contributed by atoms with Gasteiger partial charge in [-0.2, -0.15) is 0 Å². The van der Waals surface area contributed by atoms with Gasteiger partial charge in [-0.05, 0) is 24.6 Å². The average molecular weight is 340 g/mol. The van der Waals surface area contributed by atoms with Gasteiger partial charge in [0.1, 0.15) is 6.04 Å². The SMILES string of the molecule is Cc1cccc(CC(NC(=O)CNC(=O)c2ccccc2)C(=O)O)c1. The number of hydrogen-bond acceptors (Lipinski definition) is 3. The van der Waals surface area contributed by atoms with E-state index >= 15 is 0 Å². The lowest BCUT2D eigenvalue weighted by atomic mass is 10.0. The number of carboxylic acid groups (broad SMARTS) is 1. The van der Waals surface area contributed by atoms with Gasteiger partial charge >= 0.3 is 5.97 Å². The average Bonchev–Trinajstić information content (AvgIpc) is 2.60. The molecule has 130 valence electrons. The van der Waals surface area contributed by atoms with Crippen LogP contribution in [0.3, 0.4) is 0 Å². The number of hydrogen-bond donors (Lipinski definition) is 3. The fourth-order valence-electron chi connectivity index (χ4n) is 2.37. The maximum Gasteiger partial charge on any atom is 0.326 e. The smallest absolute Gasteiger partial charge is 0.326 e. The highest BCUT2D eigenvalue weighted by molar-refractivity contribution is 5.96. The summed E-state index contributed by atoms with van der Waals surface area (Å²) in [5.41, 5.74) is 2.27. The fraction of sp³-hybridized carbons (Fsp3) is 0.211. The Hall–Kier alpha value is -3.15. The third-order valence-electron chi connectivity index (χ3n) is 3.60. The van der Waals surface area contributed by atoms with Gasteiger partial charge in [-0.1, -0.05) is 48.0 Å². The minimum absolute atomic E-state index is 0.176. The van der Waals surface area contributed by atoms with Crippen molar-refractivity contribution in [1.29, 1.82) is 0 Å². The lowest BCUT2D eigenvalue weighted by molar-refractivity contribution is -0.141. The van der Waals surface area contributed by atoms with Crippen LogP contribution in [-0.4, -0.2) is 35.5 Å². The van der Waals surface area contributed by atoms with E-state index in [0.717, 1.165) is 11.1 Å². The second-order valence-electron chi connectivity index (χ2n) is 5.70. The van der Waals surface area contributed by atoms with Crippen LogP contribution in [0.15, 0.2) is 54.6 Å². The molecule has 0 heterocycles. The van der Waals surface area contributed by atoms with Crippen LogP contribution in [-0.2, 0) is 16.0 Å². The van der Waals surface area contributed by atoms with Crippen LogP contribution in [0.2, 0.25) is 0 Å². The molecule has 0 aliphatic heterocycles. The monoisotopic (exact) mass is 340 g/mol. The molecule has 1 unspecified atom stereocenters. The molecule has 0 aliphatic rings. The van der Waals surface area contributed by atoms with Crippen LogP contribution >= 0.6 is 0 Å². The zero-order valence-electron chi connectivity index (χ0n) is 13.9. The molecule has 25 heavy (non-hydrogen) atoms. The molecular weight excluding hydrogens is 320 g/mol. The minimum Gasteiger partial charge on any atom is -0.480 e. The number of carboxylic acids is 1. The first-order chi connectivity index (χ1) is 12.0. The Morgan fingerprint density at radius 2 is 1.76 bits per heavy atom. The van der Waals surface area contributed by atoms with Crippen LogP contribution in [0.25, 0.3) is 0 Å². The van der Waals surface area contributed by atoms with E-state index in [1.54, 1.807) is 30.3 Å². The molecule has 6 nitrogen and oxygen atoms in total. The molecule has 2 amide bonds. The topological polar surface area (TPSA) is 95.5 Å². The van der Waals surface area contributed by atoms with Crippen molar-refractivity contribution in [2.75, 3.05) is 6.54 Å². The standard InChI is InChI=1S/C19H20N2O4/c1-13-6-5-7-14(10-13)11-16(19(24)25)21-17(22)12-20-18(23)15-8-3-2-4-9-15/h2-10,16H,11-12H2,1H3,(H,20,23)(H,21,22)(H,24,25). The largest absolute Gasteiger partial charge is 0.480 e. The molecule has 2 aromatic carbocycles.